The standard InChI is InChI=1S/C24H31N3O/c1-16-8-6-10-21(18(16)3)24(28)27-13-11-19(12-14-27)23-22(15-25-26-23)20-9-5-4-7-17(20)2/h4-10,19,22-23,25-26H,11-15H2,1-3H3. The molecule has 28 heavy (non-hydrogen) atoms. The van der Waals surface area contributed by atoms with Gasteiger partial charge in [0, 0.05) is 37.2 Å². The molecule has 2 N–H and O–H groups in total. The van der Waals surface area contributed by atoms with Crippen molar-refractivity contribution >= 4 is 5.91 Å². The van der Waals surface area contributed by atoms with E-state index in [1.807, 2.05) is 17.0 Å². The lowest BCUT2D eigenvalue weighted by Gasteiger charge is -2.37. The monoisotopic (exact) mass is 377 g/mol. The Bertz CT molecular complexity index is 855. The molecule has 2 fully saturated rings. The minimum Gasteiger partial charge on any atom is -0.339 e. The first-order valence-corrected chi connectivity index (χ1v) is 10.5. The van der Waals surface area contributed by atoms with E-state index in [0.717, 1.165) is 43.6 Å². The van der Waals surface area contributed by atoms with Gasteiger partial charge in [0.2, 0.25) is 0 Å². The van der Waals surface area contributed by atoms with Gasteiger partial charge in [0.25, 0.3) is 5.91 Å². The van der Waals surface area contributed by atoms with Crippen molar-refractivity contribution in [1.82, 2.24) is 15.8 Å². The molecule has 2 aromatic rings. The molecule has 4 nitrogen and oxygen atoms in total. The first kappa shape index (κ1) is 19.2. The maximum atomic E-state index is 13.0. The van der Waals surface area contributed by atoms with Crippen LogP contribution in [0.3, 0.4) is 0 Å². The van der Waals surface area contributed by atoms with Crippen LogP contribution in [0.5, 0.6) is 0 Å². The van der Waals surface area contributed by atoms with E-state index in [-0.39, 0.29) is 5.91 Å². The maximum absolute atomic E-state index is 13.0. The minimum atomic E-state index is 0.188. The average molecular weight is 378 g/mol. The molecule has 2 atom stereocenters. The third-order valence-corrected chi connectivity index (χ3v) is 6.78. The fourth-order valence-corrected chi connectivity index (χ4v) is 4.88. The zero-order chi connectivity index (χ0) is 19.7. The van der Waals surface area contributed by atoms with E-state index in [1.54, 1.807) is 0 Å². The van der Waals surface area contributed by atoms with Crippen LogP contribution in [0.15, 0.2) is 42.5 Å². The smallest absolute Gasteiger partial charge is 0.254 e. The third kappa shape index (κ3) is 3.59. The predicted molar refractivity (Wildman–Crippen MR) is 113 cm³/mol. The molecule has 0 aliphatic carbocycles. The average Bonchev–Trinajstić information content (AvgIpc) is 3.19. The highest BCUT2D eigenvalue weighted by atomic mass is 16.2. The van der Waals surface area contributed by atoms with E-state index in [0.29, 0.717) is 17.9 Å². The first-order chi connectivity index (χ1) is 13.6. The summed E-state index contributed by atoms with van der Waals surface area (Å²) < 4.78 is 0. The second-order valence-electron chi connectivity index (χ2n) is 8.39. The van der Waals surface area contributed by atoms with Crippen LogP contribution in [-0.4, -0.2) is 36.5 Å². The summed E-state index contributed by atoms with van der Waals surface area (Å²) in [5.41, 5.74) is 12.9. The number of hydrazine groups is 1. The Morgan fingerprint density at radius 2 is 1.68 bits per heavy atom. The molecule has 4 heteroatoms. The van der Waals surface area contributed by atoms with E-state index in [9.17, 15) is 4.79 Å². The molecule has 0 bridgehead atoms. The maximum Gasteiger partial charge on any atom is 0.254 e. The van der Waals surface area contributed by atoms with E-state index in [4.69, 9.17) is 0 Å². The molecule has 2 saturated heterocycles. The van der Waals surface area contributed by atoms with Gasteiger partial charge in [-0.1, -0.05) is 36.4 Å². The summed E-state index contributed by atoms with van der Waals surface area (Å²) in [5, 5.41) is 0. The normalized spacial score (nSPS) is 23.2. The van der Waals surface area contributed by atoms with Gasteiger partial charge in [0.05, 0.1) is 0 Å². The molecule has 1 amide bonds. The van der Waals surface area contributed by atoms with Crippen LogP contribution in [0.2, 0.25) is 0 Å². The number of likely N-dealkylation sites (tertiary alicyclic amines) is 1. The van der Waals surface area contributed by atoms with Gasteiger partial charge in [-0.05, 0) is 67.9 Å². The topological polar surface area (TPSA) is 44.4 Å². The van der Waals surface area contributed by atoms with Crippen molar-refractivity contribution in [2.45, 2.75) is 45.6 Å². The molecule has 2 aromatic carbocycles. The van der Waals surface area contributed by atoms with Crippen molar-refractivity contribution in [3.05, 3.63) is 70.3 Å². The van der Waals surface area contributed by atoms with Crippen molar-refractivity contribution in [1.29, 1.82) is 0 Å². The number of nitrogens with zero attached hydrogens (tertiary/aromatic N) is 1. The molecule has 2 aliphatic heterocycles. The summed E-state index contributed by atoms with van der Waals surface area (Å²) in [7, 11) is 0. The zero-order valence-corrected chi connectivity index (χ0v) is 17.2. The summed E-state index contributed by atoms with van der Waals surface area (Å²) in [6.07, 6.45) is 2.11. The molecule has 2 aliphatic rings. The number of hydrogen-bond acceptors (Lipinski definition) is 3. The van der Waals surface area contributed by atoms with Gasteiger partial charge >= 0.3 is 0 Å². The third-order valence-electron chi connectivity index (χ3n) is 6.78. The summed E-state index contributed by atoms with van der Waals surface area (Å²) in [5.74, 6) is 1.27. The molecule has 2 heterocycles. The Hall–Kier alpha value is -2.17. The lowest BCUT2D eigenvalue weighted by molar-refractivity contribution is 0.0669. The number of rotatable bonds is 3. The molecule has 148 valence electrons. The minimum absolute atomic E-state index is 0.188. The van der Waals surface area contributed by atoms with E-state index in [2.05, 4.69) is 62.0 Å². The number of aryl methyl sites for hydroxylation is 2. The van der Waals surface area contributed by atoms with Crippen LogP contribution in [0.25, 0.3) is 0 Å². The van der Waals surface area contributed by atoms with Crippen molar-refractivity contribution in [2.24, 2.45) is 5.92 Å². The number of benzene rings is 2. The second-order valence-corrected chi connectivity index (χ2v) is 8.39. The largest absolute Gasteiger partial charge is 0.339 e. The van der Waals surface area contributed by atoms with Crippen LogP contribution < -0.4 is 10.9 Å². The molecule has 0 spiro atoms. The van der Waals surface area contributed by atoms with Gasteiger partial charge in [-0.3, -0.25) is 15.6 Å². The van der Waals surface area contributed by atoms with Crippen molar-refractivity contribution in [3.8, 4) is 0 Å². The number of amides is 1. The number of nitrogens with one attached hydrogen (secondary N) is 2. The lowest BCUT2D eigenvalue weighted by atomic mass is 9.79. The van der Waals surface area contributed by atoms with Gasteiger partial charge < -0.3 is 4.90 Å². The highest BCUT2D eigenvalue weighted by Gasteiger charge is 2.37. The Morgan fingerprint density at radius 3 is 2.43 bits per heavy atom. The SMILES string of the molecule is Cc1ccccc1C1CNNC1C1CCN(C(=O)c2cccc(C)c2C)CC1. The van der Waals surface area contributed by atoms with Gasteiger partial charge in [-0.15, -0.1) is 0 Å². The molecule has 4 rings (SSSR count). The molecule has 0 aromatic heterocycles. The zero-order valence-electron chi connectivity index (χ0n) is 17.2. The van der Waals surface area contributed by atoms with Crippen LogP contribution in [0.4, 0.5) is 0 Å². The summed E-state index contributed by atoms with van der Waals surface area (Å²) in [6.45, 7) is 8.98. The van der Waals surface area contributed by atoms with Crippen LogP contribution in [0.1, 0.15) is 51.4 Å². The van der Waals surface area contributed by atoms with Crippen LogP contribution in [-0.2, 0) is 0 Å². The van der Waals surface area contributed by atoms with Gasteiger partial charge in [0.15, 0.2) is 0 Å². The van der Waals surface area contributed by atoms with E-state index >= 15 is 0 Å². The highest BCUT2D eigenvalue weighted by Crippen LogP contribution is 2.34. The quantitative estimate of drug-likeness (QED) is 0.857. The summed E-state index contributed by atoms with van der Waals surface area (Å²) >= 11 is 0. The van der Waals surface area contributed by atoms with Crippen LogP contribution in [0, 0.1) is 26.7 Å². The van der Waals surface area contributed by atoms with Crippen molar-refractivity contribution < 1.29 is 4.79 Å². The molecule has 2 unspecified atom stereocenters. The van der Waals surface area contributed by atoms with Gasteiger partial charge in [-0.25, -0.2) is 0 Å². The summed E-state index contributed by atoms with van der Waals surface area (Å²) in [6, 6.07) is 15.2. The lowest BCUT2D eigenvalue weighted by Crippen LogP contribution is -2.46. The molecule has 0 radical (unpaired) electrons. The molecular formula is C24H31N3O. The number of hydrogen-bond donors (Lipinski definition) is 2. The fraction of sp³-hybridized carbons (Fsp3) is 0.458. The Balaban J connectivity index is 1.43. The second kappa shape index (κ2) is 8.06. The number of piperidine rings is 1. The van der Waals surface area contributed by atoms with Crippen molar-refractivity contribution in [2.75, 3.05) is 19.6 Å². The van der Waals surface area contributed by atoms with Crippen molar-refractivity contribution in [3.63, 3.8) is 0 Å². The highest BCUT2D eigenvalue weighted by molar-refractivity contribution is 5.96. The first-order valence-electron chi connectivity index (χ1n) is 10.5. The Kier molecular flexibility index (Phi) is 5.51. The number of carbonyl (C=O) groups is 1. The Labute approximate surface area is 168 Å². The van der Waals surface area contributed by atoms with E-state index in [1.165, 1.54) is 16.7 Å². The molecule has 0 saturated carbocycles. The van der Waals surface area contributed by atoms with E-state index < -0.39 is 0 Å². The fourth-order valence-electron chi connectivity index (χ4n) is 4.88. The number of carbonyl (C=O) groups excluding carboxylic acids is 1. The van der Waals surface area contributed by atoms with Gasteiger partial charge in [-0.2, -0.15) is 0 Å². The van der Waals surface area contributed by atoms with Crippen LogP contribution >= 0.6 is 0 Å². The van der Waals surface area contributed by atoms with Gasteiger partial charge in [0.1, 0.15) is 0 Å². The Morgan fingerprint density at radius 1 is 0.964 bits per heavy atom. The summed E-state index contributed by atoms with van der Waals surface area (Å²) in [4.78, 5) is 15.1. The predicted octanol–water partition coefficient (Wildman–Crippen LogP) is 3.72. The molecular weight excluding hydrogens is 346 g/mol.